The van der Waals surface area contributed by atoms with Gasteiger partial charge in [0.15, 0.2) is 0 Å². The Kier molecular flexibility index (Phi) is 14.8. The van der Waals surface area contributed by atoms with E-state index < -0.39 is 65.3 Å². The van der Waals surface area contributed by atoms with Crippen LogP contribution >= 0.6 is 0 Å². The Balaban J connectivity index is 1.32. The van der Waals surface area contributed by atoms with Crippen LogP contribution < -0.4 is 21.7 Å². The van der Waals surface area contributed by atoms with E-state index >= 15 is 0 Å². The number of ketones is 1. The van der Waals surface area contributed by atoms with E-state index in [0.717, 1.165) is 37.7 Å². The molecule has 1 aromatic carbocycles. The number of rotatable bonds is 18. The minimum atomic E-state index is -1.36. The van der Waals surface area contributed by atoms with Gasteiger partial charge in [-0.2, -0.15) is 0 Å². The maximum atomic E-state index is 14.7. The highest BCUT2D eigenvalue weighted by molar-refractivity contribution is 6.37. The molecular formula is C39H52N10O8. The number of ether oxygens (including phenoxy) is 1. The van der Waals surface area contributed by atoms with Crippen LogP contribution in [0.3, 0.4) is 0 Å². The minimum Gasteiger partial charge on any atom is -0.445 e. The van der Waals surface area contributed by atoms with Gasteiger partial charge in [-0.1, -0.05) is 67.6 Å². The number of nitrogens with zero attached hydrogens (tertiary/aromatic N) is 6. The molecule has 5 rings (SSSR count). The molecule has 1 aliphatic heterocycles. The second kappa shape index (κ2) is 19.9. The number of unbranched alkanes of at least 4 members (excludes halogenated alkanes) is 1. The molecule has 2 aromatic heterocycles. The Labute approximate surface area is 330 Å². The lowest BCUT2D eigenvalue weighted by molar-refractivity contribution is -0.142. The average Bonchev–Trinajstić information content (AvgIpc) is 3.89. The summed E-state index contributed by atoms with van der Waals surface area (Å²) < 4.78 is 6.70. The van der Waals surface area contributed by atoms with Crippen molar-refractivity contribution in [2.24, 2.45) is 11.7 Å². The van der Waals surface area contributed by atoms with E-state index in [4.69, 9.17) is 10.5 Å². The number of nitrogens with two attached hydrogens (primary N) is 1. The zero-order valence-corrected chi connectivity index (χ0v) is 32.3. The molecule has 1 unspecified atom stereocenters. The molecule has 57 heavy (non-hydrogen) atoms. The lowest BCUT2D eigenvalue weighted by Gasteiger charge is -2.32. The molecule has 18 nitrogen and oxygen atoms in total. The van der Waals surface area contributed by atoms with Crippen LogP contribution in [0.4, 0.5) is 4.79 Å². The van der Waals surface area contributed by atoms with Crippen molar-refractivity contribution in [2.45, 2.75) is 114 Å². The monoisotopic (exact) mass is 788 g/mol. The molecule has 0 spiro atoms. The van der Waals surface area contributed by atoms with Crippen molar-refractivity contribution in [3.05, 3.63) is 72.1 Å². The summed E-state index contributed by atoms with van der Waals surface area (Å²) in [7, 11) is 0. The third-order valence-corrected chi connectivity index (χ3v) is 10.4. The first-order valence-electron chi connectivity index (χ1n) is 19.4. The van der Waals surface area contributed by atoms with Gasteiger partial charge in [-0.15, -0.1) is 5.10 Å². The van der Waals surface area contributed by atoms with E-state index in [2.05, 4.69) is 36.2 Å². The van der Waals surface area contributed by atoms with Crippen molar-refractivity contribution in [1.82, 2.24) is 45.8 Å². The lowest BCUT2D eigenvalue weighted by Crippen LogP contribution is -2.56. The summed E-state index contributed by atoms with van der Waals surface area (Å²) in [6.07, 6.45) is 9.51. The van der Waals surface area contributed by atoms with Crippen molar-refractivity contribution in [3.8, 4) is 0 Å². The first kappa shape index (κ1) is 42.4. The Morgan fingerprint density at radius 1 is 0.965 bits per heavy atom. The first-order valence-corrected chi connectivity index (χ1v) is 19.4. The predicted molar refractivity (Wildman–Crippen MR) is 204 cm³/mol. The highest BCUT2D eigenvalue weighted by Crippen LogP contribution is 2.33. The summed E-state index contributed by atoms with van der Waals surface area (Å²) >= 11 is 0. The summed E-state index contributed by atoms with van der Waals surface area (Å²) in [5.74, 6) is -4.11. The van der Waals surface area contributed by atoms with E-state index in [-0.39, 0.29) is 44.3 Å². The fourth-order valence-corrected chi connectivity index (χ4v) is 7.40. The molecule has 4 atom stereocenters. The largest absolute Gasteiger partial charge is 0.445 e. The number of benzene rings is 1. The predicted octanol–water partition coefficient (Wildman–Crippen LogP) is 1.84. The molecule has 2 aliphatic rings. The summed E-state index contributed by atoms with van der Waals surface area (Å²) in [5, 5.41) is 27.2. The van der Waals surface area contributed by atoms with Gasteiger partial charge in [0.25, 0.3) is 11.8 Å². The van der Waals surface area contributed by atoms with Gasteiger partial charge >= 0.3 is 6.09 Å². The molecule has 0 radical (unpaired) electrons. The number of carbonyl (C=O) groups excluding carboxylic acids is 6. The van der Waals surface area contributed by atoms with Crippen LogP contribution in [0.1, 0.15) is 106 Å². The van der Waals surface area contributed by atoms with Gasteiger partial charge in [-0.25, -0.2) is 19.4 Å². The van der Waals surface area contributed by atoms with Crippen molar-refractivity contribution >= 4 is 35.5 Å². The van der Waals surface area contributed by atoms with Gasteiger partial charge in [0, 0.05) is 31.9 Å². The molecule has 1 aliphatic carbocycles. The molecule has 6 N–H and O–H groups in total. The van der Waals surface area contributed by atoms with Crippen LogP contribution in [-0.2, 0) is 36.1 Å². The zero-order valence-electron chi connectivity index (χ0n) is 32.3. The number of hydrogen-bond acceptors (Lipinski definition) is 12. The SMILES string of the molecule is CC(C)(O)c1cnnn1[C@H]1C[C@@H](C(=O)NC(CCCCNC(=O)OCc2ccccc2)C(=O)C(N)=O)N(C(=O)[C@@H](CC2CCCCC2)NC(=O)c2ncccn2)C1. The Morgan fingerprint density at radius 3 is 2.37 bits per heavy atom. The number of amides is 5. The highest BCUT2D eigenvalue weighted by atomic mass is 16.5. The number of alkyl carbamates (subject to hydrolysis) is 1. The van der Waals surface area contributed by atoms with Gasteiger partial charge < -0.3 is 36.4 Å². The van der Waals surface area contributed by atoms with Crippen LogP contribution in [0, 0.1) is 5.92 Å². The Hall–Kier alpha value is -5.78. The standard InChI is InChI=1S/C39H52N10O8/c1-39(2,56)31-22-44-47-49(31)27-21-30(48(23-27)37(54)29(20-25-12-5-3-6-13-25)46-36(53)34-41-18-11-19-42-34)35(52)45-28(32(50)33(40)51)16-9-10-17-43-38(55)57-24-26-14-7-4-8-15-26/h4,7-8,11,14-15,18-19,22,25,27-30,56H,3,5-6,9-10,12-13,16-17,20-21,23-24H2,1-2H3,(H2,40,51)(H,43,55)(H,45,52)(H,46,53)/t27-,28?,29+,30-/m0/s1. The number of Topliss-reactive ketones (excluding diaryl/α,β-unsaturated/α-hetero) is 1. The number of hydrogen-bond donors (Lipinski definition) is 5. The van der Waals surface area contributed by atoms with Crippen LogP contribution in [0.25, 0.3) is 0 Å². The maximum Gasteiger partial charge on any atom is 0.407 e. The summed E-state index contributed by atoms with van der Waals surface area (Å²) in [4.78, 5) is 89.0. The Morgan fingerprint density at radius 2 is 1.68 bits per heavy atom. The van der Waals surface area contributed by atoms with E-state index in [1.165, 1.54) is 28.2 Å². The third kappa shape index (κ3) is 11.9. The van der Waals surface area contributed by atoms with E-state index in [9.17, 15) is 33.9 Å². The fourth-order valence-electron chi connectivity index (χ4n) is 7.40. The minimum absolute atomic E-state index is 0.0156. The third-order valence-electron chi connectivity index (χ3n) is 10.4. The number of nitrogens with one attached hydrogen (secondary N) is 3. The van der Waals surface area contributed by atoms with Crippen LogP contribution in [0.15, 0.2) is 55.0 Å². The second-order valence-corrected chi connectivity index (χ2v) is 15.1. The van der Waals surface area contributed by atoms with Gasteiger partial charge in [-0.05, 0) is 57.1 Å². The van der Waals surface area contributed by atoms with Gasteiger partial charge in [0.2, 0.25) is 23.4 Å². The second-order valence-electron chi connectivity index (χ2n) is 15.1. The quantitative estimate of drug-likeness (QED) is 0.0915. The van der Waals surface area contributed by atoms with E-state index in [0.29, 0.717) is 25.0 Å². The van der Waals surface area contributed by atoms with Gasteiger partial charge in [-0.3, -0.25) is 24.0 Å². The Bertz CT molecular complexity index is 1850. The molecule has 18 heteroatoms. The number of aromatic nitrogens is 5. The summed E-state index contributed by atoms with van der Waals surface area (Å²) in [6.45, 7) is 3.39. The molecule has 1 saturated carbocycles. The lowest BCUT2D eigenvalue weighted by atomic mass is 9.84. The molecule has 3 aromatic rings. The van der Waals surface area contributed by atoms with Crippen LogP contribution in [0.5, 0.6) is 0 Å². The number of likely N-dealkylation sites (tertiary alicyclic amines) is 1. The van der Waals surface area contributed by atoms with Crippen LogP contribution in [0.2, 0.25) is 0 Å². The first-order chi connectivity index (χ1) is 27.3. The van der Waals surface area contributed by atoms with Crippen molar-refractivity contribution in [2.75, 3.05) is 13.1 Å². The van der Waals surface area contributed by atoms with Gasteiger partial charge in [0.05, 0.1) is 24.0 Å². The topological polar surface area (TPSA) is 254 Å². The summed E-state index contributed by atoms with van der Waals surface area (Å²) in [6, 6.07) is 6.58. The van der Waals surface area contributed by atoms with Crippen molar-refractivity contribution in [3.63, 3.8) is 0 Å². The highest BCUT2D eigenvalue weighted by Gasteiger charge is 2.45. The van der Waals surface area contributed by atoms with Gasteiger partial charge in [0.1, 0.15) is 24.3 Å². The van der Waals surface area contributed by atoms with Crippen molar-refractivity contribution in [1.29, 1.82) is 0 Å². The van der Waals surface area contributed by atoms with Crippen molar-refractivity contribution < 1.29 is 38.6 Å². The number of primary amides is 1. The van der Waals surface area contributed by atoms with Crippen LogP contribution in [-0.4, -0.2) is 102 Å². The fraction of sp³-hybridized carbons (Fsp3) is 0.538. The summed E-state index contributed by atoms with van der Waals surface area (Å²) in [5.41, 5.74) is 5.21. The normalized spacial score (nSPS) is 18.3. The molecular weight excluding hydrogens is 736 g/mol. The van der Waals surface area contributed by atoms with E-state index in [1.807, 2.05) is 30.3 Å². The average molecular weight is 789 g/mol. The smallest absolute Gasteiger partial charge is 0.407 e. The number of aliphatic hydroxyl groups is 1. The molecule has 306 valence electrons. The zero-order chi connectivity index (χ0) is 41.0. The molecule has 3 heterocycles. The molecule has 0 bridgehead atoms. The van der Waals surface area contributed by atoms with E-state index in [1.54, 1.807) is 19.9 Å². The number of carbonyl (C=O) groups is 6. The maximum absolute atomic E-state index is 14.7. The molecule has 1 saturated heterocycles. The molecule has 2 fully saturated rings. The molecule has 5 amide bonds.